The van der Waals surface area contributed by atoms with Gasteiger partial charge in [-0.15, -0.1) is 0 Å². The highest BCUT2D eigenvalue weighted by Gasteiger charge is 2.41. The summed E-state index contributed by atoms with van der Waals surface area (Å²) in [6.07, 6.45) is 0.987. The Kier molecular flexibility index (Phi) is 3.77. The van der Waals surface area contributed by atoms with Gasteiger partial charge in [-0.25, -0.2) is 0 Å². The predicted molar refractivity (Wildman–Crippen MR) is 88.0 cm³/mol. The maximum absolute atomic E-state index is 4.51. The van der Waals surface area contributed by atoms with Gasteiger partial charge in [-0.2, -0.15) is 5.10 Å². The number of halogens is 2. The highest BCUT2D eigenvalue weighted by molar-refractivity contribution is 9.10. The van der Waals surface area contributed by atoms with Crippen LogP contribution in [-0.2, 0) is 18.9 Å². The standard InChI is InChI=1S/C15H17Br2N3/c1-10-14(17)13(20(2)19-10)7-15(8-18-9-15)11-5-3-4-6-12(11)16/h3-6,18H,7-9H2,1-2H3. The second kappa shape index (κ2) is 5.28. The highest BCUT2D eigenvalue weighted by atomic mass is 79.9. The van der Waals surface area contributed by atoms with Crippen LogP contribution in [0.3, 0.4) is 0 Å². The summed E-state index contributed by atoms with van der Waals surface area (Å²) in [5.74, 6) is 0. The molecule has 3 nitrogen and oxygen atoms in total. The molecule has 1 aliphatic heterocycles. The van der Waals surface area contributed by atoms with Crippen LogP contribution in [0, 0.1) is 6.92 Å². The van der Waals surface area contributed by atoms with Gasteiger partial charge in [0.25, 0.3) is 0 Å². The molecule has 1 aliphatic rings. The summed E-state index contributed by atoms with van der Waals surface area (Å²) < 4.78 is 4.32. The number of nitrogens with one attached hydrogen (secondary N) is 1. The zero-order chi connectivity index (χ0) is 14.3. The molecule has 20 heavy (non-hydrogen) atoms. The second-order valence-corrected chi connectivity index (χ2v) is 7.16. The molecule has 3 rings (SSSR count). The first-order valence-corrected chi connectivity index (χ1v) is 8.26. The van der Waals surface area contributed by atoms with E-state index in [-0.39, 0.29) is 5.41 Å². The first kappa shape index (κ1) is 14.3. The number of rotatable bonds is 3. The third-order valence-corrected chi connectivity index (χ3v) is 5.86. The van der Waals surface area contributed by atoms with Crippen molar-refractivity contribution in [3.05, 3.63) is 50.2 Å². The Morgan fingerprint density at radius 1 is 1.30 bits per heavy atom. The van der Waals surface area contributed by atoms with Crippen LogP contribution in [0.5, 0.6) is 0 Å². The van der Waals surface area contributed by atoms with E-state index in [1.807, 2.05) is 18.7 Å². The molecule has 5 heteroatoms. The van der Waals surface area contributed by atoms with E-state index >= 15 is 0 Å². The molecule has 1 aromatic carbocycles. The van der Waals surface area contributed by atoms with Crippen molar-refractivity contribution in [1.82, 2.24) is 15.1 Å². The van der Waals surface area contributed by atoms with E-state index in [9.17, 15) is 0 Å². The van der Waals surface area contributed by atoms with Crippen molar-refractivity contribution in [3.63, 3.8) is 0 Å². The molecule has 1 N–H and O–H groups in total. The summed E-state index contributed by atoms with van der Waals surface area (Å²) >= 11 is 7.38. The summed E-state index contributed by atoms with van der Waals surface area (Å²) in [4.78, 5) is 0. The van der Waals surface area contributed by atoms with Gasteiger partial charge in [0, 0.05) is 36.4 Å². The Bertz CT molecular complexity index is 645. The predicted octanol–water partition coefficient (Wildman–Crippen LogP) is 3.34. The van der Waals surface area contributed by atoms with E-state index in [1.54, 1.807) is 0 Å². The Morgan fingerprint density at radius 2 is 2.00 bits per heavy atom. The van der Waals surface area contributed by atoms with Gasteiger partial charge in [0.15, 0.2) is 0 Å². The van der Waals surface area contributed by atoms with Crippen molar-refractivity contribution in [2.75, 3.05) is 13.1 Å². The number of hydrogen-bond donors (Lipinski definition) is 1. The Balaban J connectivity index is 2.01. The molecule has 1 aromatic heterocycles. The van der Waals surface area contributed by atoms with Gasteiger partial charge in [-0.1, -0.05) is 34.1 Å². The normalized spacial score (nSPS) is 17.0. The lowest BCUT2D eigenvalue weighted by Gasteiger charge is -2.44. The lowest BCUT2D eigenvalue weighted by molar-refractivity contribution is 0.268. The highest BCUT2D eigenvalue weighted by Crippen LogP contribution is 2.38. The zero-order valence-electron chi connectivity index (χ0n) is 11.6. The minimum absolute atomic E-state index is 0.156. The van der Waals surface area contributed by atoms with Crippen LogP contribution >= 0.6 is 31.9 Å². The molecule has 1 saturated heterocycles. The largest absolute Gasteiger partial charge is 0.315 e. The van der Waals surface area contributed by atoms with Crippen LogP contribution in [0.1, 0.15) is 17.0 Å². The van der Waals surface area contributed by atoms with Gasteiger partial charge >= 0.3 is 0 Å². The van der Waals surface area contributed by atoms with Crippen molar-refractivity contribution < 1.29 is 0 Å². The van der Waals surface area contributed by atoms with Crippen LogP contribution < -0.4 is 5.32 Å². The first-order chi connectivity index (χ1) is 9.53. The quantitative estimate of drug-likeness (QED) is 0.859. The zero-order valence-corrected chi connectivity index (χ0v) is 14.8. The lowest BCUT2D eigenvalue weighted by atomic mass is 9.72. The van der Waals surface area contributed by atoms with Gasteiger partial charge in [0.05, 0.1) is 15.9 Å². The van der Waals surface area contributed by atoms with E-state index in [2.05, 4.69) is 66.5 Å². The minimum Gasteiger partial charge on any atom is -0.315 e. The van der Waals surface area contributed by atoms with Crippen LogP contribution in [0.15, 0.2) is 33.2 Å². The molecule has 0 radical (unpaired) electrons. The van der Waals surface area contributed by atoms with Gasteiger partial charge in [-0.3, -0.25) is 4.68 Å². The van der Waals surface area contributed by atoms with Crippen LogP contribution in [0.2, 0.25) is 0 Å². The van der Waals surface area contributed by atoms with Gasteiger partial charge < -0.3 is 5.32 Å². The molecule has 0 aliphatic carbocycles. The molecule has 0 bridgehead atoms. The SMILES string of the molecule is Cc1nn(C)c(CC2(c3ccccc3Br)CNC2)c1Br. The summed E-state index contributed by atoms with van der Waals surface area (Å²) in [6, 6.07) is 8.53. The smallest absolute Gasteiger partial charge is 0.0738 e. The fourth-order valence-corrected chi connectivity index (χ4v) is 4.10. The Morgan fingerprint density at radius 3 is 2.50 bits per heavy atom. The molecule has 0 spiro atoms. The van der Waals surface area contributed by atoms with E-state index in [4.69, 9.17) is 0 Å². The lowest BCUT2D eigenvalue weighted by Crippen LogP contribution is -2.58. The van der Waals surface area contributed by atoms with Crippen molar-refractivity contribution in [3.8, 4) is 0 Å². The molecule has 0 atom stereocenters. The average Bonchev–Trinajstić information content (AvgIpc) is 2.61. The van der Waals surface area contributed by atoms with E-state index in [0.29, 0.717) is 0 Å². The van der Waals surface area contributed by atoms with E-state index in [1.165, 1.54) is 15.7 Å². The summed E-state index contributed by atoms with van der Waals surface area (Å²) in [7, 11) is 2.02. The molecule has 2 heterocycles. The van der Waals surface area contributed by atoms with Crippen molar-refractivity contribution >= 4 is 31.9 Å². The van der Waals surface area contributed by atoms with Crippen molar-refractivity contribution in [2.24, 2.45) is 7.05 Å². The van der Waals surface area contributed by atoms with E-state index < -0.39 is 0 Å². The Hall–Kier alpha value is -0.650. The van der Waals surface area contributed by atoms with Gasteiger partial charge in [-0.05, 0) is 34.5 Å². The summed E-state index contributed by atoms with van der Waals surface area (Å²) in [5, 5.41) is 7.93. The van der Waals surface area contributed by atoms with Gasteiger partial charge in [0.1, 0.15) is 0 Å². The number of aryl methyl sites for hydroxylation is 2. The summed E-state index contributed by atoms with van der Waals surface area (Å²) in [6.45, 7) is 4.05. The minimum atomic E-state index is 0.156. The maximum Gasteiger partial charge on any atom is 0.0738 e. The third-order valence-electron chi connectivity index (χ3n) is 4.14. The molecule has 1 fully saturated rings. The molecule has 106 valence electrons. The van der Waals surface area contributed by atoms with E-state index in [0.717, 1.165) is 29.7 Å². The molecule has 0 saturated carbocycles. The number of nitrogens with zero attached hydrogens (tertiary/aromatic N) is 2. The third kappa shape index (κ3) is 2.26. The number of aromatic nitrogens is 2. The molecule has 0 amide bonds. The molecule has 2 aromatic rings. The number of benzene rings is 1. The second-order valence-electron chi connectivity index (χ2n) is 5.51. The fraction of sp³-hybridized carbons (Fsp3) is 0.400. The van der Waals surface area contributed by atoms with Crippen LogP contribution in [0.25, 0.3) is 0 Å². The maximum atomic E-state index is 4.51. The monoisotopic (exact) mass is 397 g/mol. The average molecular weight is 399 g/mol. The molecular weight excluding hydrogens is 382 g/mol. The van der Waals surface area contributed by atoms with Crippen molar-refractivity contribution in [1.29, 1.82) is 0 Å². The molecular formula is C15H17Br2N3. The fourth-order valence-electron chi connectivity index (χ4n) is 2.92. The van der Waals surface area contributed by atoms with Crippen LogP contribution in [0.4, 0.5) is 0 Å². The van der Waals surface area contributed by atoms with Crippen LogP contribution in [-0.4, -0.2) is 22.9 Å². The molecule has 0 unspecified atom stereocenters. The van der Waals surface area contributed by atoms with Gasteiger partial charge in [0.2, 0.25) is 0 Å². The number of hydrogen-bond acceptors (Lipinski definition) is 2. The Labute approximate surface area is 136 Å². The van der Waals surface area contributed by atoms with Crippen molar-refractivity contribution in [2.45, 2.75) is 18.8 Å². The first-order valence-electron chi connectivity index (χ1n) is 6.67. The topological polar surface area (TPSA) is 29.9 Å². The summed E-state index contributed by atoms with van der Waals surface area (Å²) in [5.41, 5.74) is 3.85.